The minimum Gasteiger partial charge on any atom is -0.477 e. The Kier molecular flexibility index (Phi) is 3.80. The quantitative estimate of drug-likeness (QED) is 0.548. The average Bonchev–Trinajstić information content (AvgIpc) is 3.03. The molecule has 3 nitrogen and oxygen atoms in total. The van der Waals surface area contributed by atoms with Crippen LogP contribution in [-0.4, -0.2) is 11.1 Å². The van der Waals surface area contributed by atoms with Crippen molar-refractivity contribution in [2.75, 3.05) is 0 Å². The van der Waals surface area contributed by atoms with Gasteiger partial charge < -0.3 is 5.11 Å². The minimum atomic E-state index is -1.19. The summed E-state index contributed by atoms with van der Waals surface area (Å²) < 4.78 is 2.21. The number of fused-ring (bicyclic) bond motifs is 1. The lowest BCUT2D eigenvalue weighted by molar-refractivity contribution is -0.132. The summed E-state index contributed by atoms with van der Waals surface area (Å²) in [5.74, 6) is -1.19. The molecule has 0 atom stereocenters. The van der Waals surface area contributed by atoms with Crippen LogP contribution < -0.4 is 0 Å². The van der Waals surface area contributed by atoms with Crippen LogP contribution in [0.2, 0.25) is 0 Å². The number of hydrogen-bond acceptors (Lipinski definition) is 4. The summed E-state index contributed by atoms with van der Waals surface area (Å²) in [4.78, 5) is 12.8. The Morgan fingerprint density at radius 3 is 2.45 bits per heavy atom. The number of aliphatic carboxylic acids is 1. The van der Waals surface area contributed by atoms with Crippen molar-refractivity contribution in [3.8, 4) is 16.5 Å². The normalized spacial score (nSPS) is 11.5. The number of hydrogen-bond donors (Lipinski definition) is 1. The topological polar surface area (TPSA) is 61.1 Å². The van der Waals surface area contributed by atoms with Gasteiger partial charge in [-0.2, -0.15) is 5.26 Å². The van der Waals surface area contributed by atoms with Crippen molar-refractivity contribution in [3.05, 3.63) is 52.4 Å². The van der Waals surface area contributed by atoms with Crippen molar-refractivity contribution in [1.82, 2.24) is 0 Å². The summed E-state index contributed by atoms with van der Waals surface area (Å²) in [6.07, 6.45) is 1.42. The number of aryl methyl sites for hydroxylation is 1. The summed E-state index contributed by atoms with van der Waals surface area (Å²) in [5, 5.41) is 17.7. The van der Waals surface area contributed by atoms with Gasteiger partial charge in [-0.1, -0.05) is 29.8 Å². The molecule has 0 aliphatic rings. The van der Waals surface area contributed by atoms with Crippen molar-refractivity contribution >= 4 is 44.1 Å². The van der Waals surface area contributed by atoms with Crippen LogP contribution in [0.4, 0.5) is 0 Å². The van der Waals surface area contributed by atoms with Crippen molar-refractivity contribution < 1.29 is 9.90 Å². The van der Waals surface area contributed by atoms with Crippen LogP contribution in [0.25, 0.3) is 25.9 Å². The molecule has 1 aromatic carbocycles. The van der Waals surface area contributed by atoms with E-state index in [4.69, 9.17) is 10.4 Å². The lowest BCUT2D eigenvalue weighted by Gasteiger charge is -1.97. The highest BCUT2D eigenvalue weighted by Gasteiger charge is 2.10. The maximum atomic E-state index is 10.9. The second kappa shape index (κ2) is 5.76. The molecule has 5 heteroatoms. The maximum absolute atomic E-state index is 10.9. The van der Waals surface area contributed by atoms with Gasteiger partial charge in [0, 0.05) is 19.2 Å². The fourth-order valence-corrected chi connectivity index (χ4v) is 4.43. The first kappa shape index (κ1) is 14.5. The van der Waals surface area contributed by atoms with Crippen LogP contribution in [0, 0.1) is 18.3 Å². The van der Waals surface area contributed by atoms with Gasteiger partial charge in [0.2, 0.25) is 0 Å². The van der Waals surface area contributed by atoms with Crippen molar-refractivity contribution in [3.63, 3.8) is 0 Å². The van der Waals surface area contributed by atoms with E-state index in [1.54, 1.807) is 17.4 Å². The third kappa shape index (κ3) is 2.80. The standard InChI is InChI=1S/C17H11NO2S2/c1-10-2-4-11(5-3-10)14-8-16-15(22-14)7-13(21-16)6-12(9-18)17(19)20/h2-8H,1H3,(H,19,20). The number of thiophene rings is 2. The lowest BCUT2D eigenvalue weighted by Crippen LogP contribution is -1.96. The first-order chi connectivity index (χ1) is 10.6. The molecule has 0 saturated heterocycles. The van der Waals surface area contributed by atoms with E-state index < -0.39 is 5.97 Å². The van der Waals surface area contributed by atoms with Crippen LogP contribution in [-0.2, 0) is 4.79 Å². The fourth-order valence-electron chi connectivity index (χ4n) is 2.07. The van der Waals surface area contributed by atoms with Crippen molar-refractivity contribution in [1.29, 1.82) is 5.26 Å². The number of nitrogens with zero attached hydrogens (tertiary/aromatic N) is 1. The molecule has 0 bridgehead atoms. The third-order valence-corrected chi connectivity index (χ3v) is 5.49. The molecule has 22 heavy (non-hydrogen) atoms. The summed E-state index contributed by atoms with van der Waals surface area (Å²) in [7, 11) is 0. The molecule has 3 aromatic rings. The van der Waals surface area contributed by atoms with Gasteiger partial charge in [0.15, 0.2) is 0 Å². The van der Waals surface area contributed by atoms with Gasteiger partial charge in [-0.05, 0) is 30.7 Å². The molecule has 0 unspecified atom stereocenters. The number of benzene rings is 1. The van der Waals surface area contributed by atoms with E-state index in [1.807, 2.05) is 6.07 Å². The summed E-state index contributed by atoms with van der Waals surface area (Å²) in [6, 6.07) is 14.1. The number of rotatable bonds is 3. The molecule has 0 radical (unpaired) electrons. The highest BCUT2D eigenvalue weighted by molar-refractivity contribution is 7.29. The van der Waals surface area contributed by atoms with Crippen LogP contribution in [0.5, 0.6) is 0 Å². The van der Waals surface area contributed by atoms with E-state index in [0.717, 1.165) is 14.3 Å². The molecule has 0 fully saturated rings. The van der Waals surface area contributed by atoms with Crippen LogP contribution in [0.15, 0.2) is 42.0 Å². The molecule has 0 aliphatic heterocycles. The Balaban J connectivity index is 1.97. The Hall–Kier alpha value is -2.42. The third-order valence-electron chi connectivity index (χ3n) is 3.20. The molecule has 0 spiro atoms. The Morgan fingerprint density at radius 2 is 1.86 bits per heavy atom. The molecular formula is C17H11NO2S2. The first-order valence-corrected chi connectivity index (χ1v) is 8.15. The van der Waals surface area contributed by atoms with Crippen molar-refractivity contribution in [2.45, 2.75) is 6.92 Å². The molecule has 108 valence electrons. The molecule has 0 saturated carbocycles. The molecule has 3 rings (SSSR count). The fraction of sp³-hybridized carbons (Fsp3) is 0.0588. The number of carbonyl (C=O) groups is 1. The number of carboxylic acid groups (broad SMARTS) is 1. The molecular weight excluding hydrogens is 314 g/mol. The summed E-state index contributed by atoms with van der Waals surface area (Å²) in [5.41, 5.74) is 2.17. The Bertz CT molecular complexity index is 892. The molecule has 2 aromatic heterocycles. The Labute approximate surface area is 135 Å². The van der Waals surface area contributed by atoms with E-state index in [1.165, 1.54) is 33.4 Å². The predicted molar refractivity (Wildman–Crippen MR) is 91.1 cm³/mol. The second-order valence-electron chi connectivity index (χ2n) is 4.83. The van der Waals surface area contributed by atoms with Gasteiger partial charge in [0.05, 0.1) is 0 Å². The predicted octanol–water partition coefficient (Wildman–Crippen LogP) is 4.93. The zero-order valence-corrected chi connectivity index (χ0v) is 13.3. The number of nitriles is 1. The van der Waals surface area contributed by atoms with Gasteiger partial charge in [0.1, 0.15) is 11.6 Å². The second-order valence-corrected chi connectivity index (χ2v) is 7.03. The molecule has 0 aliphatic carbocycles. The molecule has 0 amide bonds. The van der Waals surface area contributed by atoms with Crippen molar-refractivity contribution in [2.24, 2.45) is 0 Å². The first-order valence-electron chi connectivity index (χ1n) is 6.52. The van der Waals surface area contributed by atoms with E-state index >= 15 is 0 Å². The van der Waals surface area contributed by atoms with Gasteiger partial charge >= 0.3 is 5.97 Å². The monoisotopic (exact) mass is 325 g/mol. The lowest BCUT2D eigenvalue weighted by atomic mass is 10.1. The van der Waals surface area contributed by atoms with Gasteiger partial charge in [-0.15, -0.1) is 22.7 Å². The maximum Gasteiger partial charge on any atom is 0.346 e. The highest BCUT2D eigenvalue weighted by atomic mass is 32.1. The van der Waals surface area contributed by atoms with E-state index in [9.17, 15) is 4.79 Å². The van der Waals surface area contributed by atoms with Gasteiger partial charge in [0.25, 0.3) is 0 Å². The van der Waals surface area contributed by atoms with Crippen LogP contribution in [0.3, 0.4) is 0 Å². The zero-order chi connectivity index (χ0) is 15.7. The Morgan fingerprint density at radius 1 is 1.18 bits per heavy atom. The van der Waals surface area contributed by atoms with Gasteiger partial charge in [-0.3, -0.25) is 0 Å². The van der Waals surface area contributed by atoms with E-state index in [0.29, 0.717) is 0 Å². The number of carboxylic acids is 1. The minimum absolute atomic E-state index is 0.243. The van der Waals surface area contributed by atoms with E-state index in [2.05, 4.69) is 37.3 Å². The molecule has 1 N–H and O–H groups in total. The molecule has 2 heterocycles. The van der Waals surface area contributed by atoms with Crippen LogP contribution in [0.1, 0.15) is 10.4 Å². The smallest absolute Gasteiger partial charge is 0.346 e. The van der Waals surface area contributed by atoms with Gasteiger partial charge in [-0.25, -0.2) is 4.79 Å². The van der Waals surface area contributed by atoms with Crippen LogP contribution >= 0.6 is 22.7 Å². The average molecular weight is 325 g/mol. The van der Waals surface area contributed by atoms with E-state index in [-0.39, 0.29) is 5.57 Å². The summed E-state index contributed by atoms with van der Waals surface area (Å²) in [6.45, 7) is 2.06. The zero-order valence-electron chi connectivity index (χ0n) is 11.7. The highest BCUT2D eigenvalue weighted by Crippen LogP contribution is 2.38. The SMILES string of the molecule is Cc1ccc(-c2cc3sc(C=C(C#N)C(=O)O)cc3s2)cc1. The largest absolute Gasteiger partial charge is 0.477 e. The summed E-state index contributed by atoms with van der Waals surface area (Å²) >= 11 is 3.17.